The molecule has 0 bridgehead atoms. The first-order valence-corrected chi connectivity index (χ1v) is 10.1. The molecular formula is C20H26N4O2S. The van der Waals surface area contributed by atoms with Crippen molar-refractivity contribution in [1.82, 2.24) is 14.8 Å². The fraction of sp³-hybridized carbons (Fsp3) is 0.450. The minimum absolute atomic E-state index is 0.0150. The number of aryl methyl sites for hydroxylation is 1. The van der Waals surface area contributed by atoms with Crippen LogP contribution in [0.25, 0.3) is 0 Å². The lowest BCUT2D eigenvalue weighted by Gasteiger charge is -2.31. The molecule has 1 fully saturated rings. The van der Waals surface area contributed by atoms with E-state index in [9.17, 15) is 9.59 Å². The molecule has 1 saturated heterocycles. The second kappa shape index (κ2) is 8.52. The maximum absolute atomic E-state index is 13.1. The summed E-state index contributed by atoms with van der Waals surface area (Å²) in [6.07, 6.45) is 1.16. The second-order valence-corrected chi connectivity index (χ2v) is 7.75. The van der Waals surface area contributed by atoms with Crippen LogP contribution < -0.4 is 5.32 Å². The molecule has 1 aliphatic rings. The van der Waals surface area contributed by atoms with Gasteiger partial charge in [0.2, 0.25) is 5.91 Å². The summed E-state index contributed by atoms with van der Waals surface area (Å²) in [6, 6.07) is 10.0. The number of anilines is 1. The van der Waals surface area contributed by atoms with Crippen LogP contribution in [0.1, 0.15) is 40.7 Å². The highest BCUT2D eigenvalue weighted by atomic mass is 32.1. The summed E-state index contributed by atoms with van der Waals surface area (Å²) < 4.78 is 0. The smallest absolute Gasteiger partial charge is 0.266 e. The third-order valence-electron chi connectivity index (χ3n) is 4.95. The molecule has 1 aromatic heterocycles. The quantitative estimate of drug-likeness (QED) is 0.857. The second-order valence-electron chi connectivity index (χ2n) is 6.75. The third-order valence-corrected chi connectivity index (χ3v) is 6.11. The van der Waals surface area contributed by atoms with E-state index in [4.69, 9.17) is 0 Å². The SMILES string of the molecule is CC[C@@H]1CN(C(=O)c2sc(NC)nc2C)CCC(=O)N1Cc1ccccc1. The van der Waals surface area contributed by atoms with Gasteiger partial charge in [0, 0.05) is 39.1 Å². The van der Waals surface area contributed by atoms with Gasteiger partial charge in [0.1, 0.15) is 4.88 Å². The number of carbonyl (C=O) groups is 2. The van der Waals surface area contributed by atoms with Gasteiger partial charge in [-0.2, -0.15) is 0 Å². The van der Waals surface area contributed by atoms with Gasteiger partial charge in [-0.1, -0.05) is 48.6 Å². The number of nitrogens with zero attached hydrogens (tertiary/aromatic N) is 3. The first kappa shape index (κ1) is 19.4. The summed E-state index contributed by atoms with van der Waals surface area (Å²) in [7, 11) is 1.80. The van der Waals surface area contributed by atoms with Crippen LogP contribution in [0.2, 0.25) is 0 Å². The number of nitrogens with one attached hydrogen (secondary N) is 1. The minimum atomic E-state index is -0.0284. The van der Waals surface area contributed by atoms with E-state index in [1.807, 2.05) is 47.1 Å². The number of hydrogen-bond acceptors (Lipinski definition) is 5. The highest BCUT2D eigenvalue weighted by Gasteiger charge is 2.32. The molecule has 7 heteroatoms. The van der Waals surface area contributed by atoms with E-state index >= 15 is 0 Å². The van der Waals surface area contributed by atoms with Gasteiger partial charge in [0.15, 0.2) is 5.13 Å². The molecule has 2 amide bonds. The molecule has 2 aromatic rings. The standard InChI is InChI=1S/C20H26N4O2S/c1-4-16-13-23(19(26)18-14(2)22-20(21-3)27-18)11-10-17(25)24(16)12-15-8-6-5-7-9-15/h5-9,16H,4,10-13H2,1-3H3,(H,21,22)/t16-/m1/s1. The van der Waals surface area contributed by atoms with Gasteiger partial charge in [0.25, 0.3) is 5.91 Å². The van der Waals surface area contributed by atoms with Gasteiger partial charge in [0.05, 0.1) is 5.69 Å². The Morgan fingerprint density at radius 1 is 1.33 bits per heavy atom. The molecule has 1 aromatic carbocycles. The molecule has 6 nitrogen and oxygen atoms in total. The van der Waals surface area contributed by atoms with Gasteiger partial charge in [-0.15, -0.1) is 0 Å². The van der Waals surface area contributed by atoms with Crippen LogP contribution in [0.3, 0.4) is 0 Å². The molecule has 1 aliphatic heterocycles. The van der Waals surface area contributed by atoms with Crippen LogP contribution in [-0.4, -0.2) is 52.8 Å². The topological polar surface area (TPSA) is 65.5 Å². The Balaban J connectivity index is 1.79. The normalized spacial score (nSPS) is 17.7. The molecule has 1 atom stereocenters. The first-order chi connectivity index (χ1) is 13.0. The van der Waals surface area contributed by atoms with Gasteiger partial charge in [-0.05, 0) is 18.9 Å². The highest BCUT2D eigenvalue weighted by molar-refractivity contribution is 7.17. The maximum Gasteiger partial charge on any atom is 0.266 e. The Kier molecular flexibility index (Phi) is 6.11. The largest absolute Gasteiger partial charge is 0.365 e. The number of rotatable bonds is 5. The number of amides is 2. The molecule has 2 heterocycles. The van der Waals surface area contributed by atoms with Crippen LogP contribution in [0.4, 0.5) is 5.13 Å². The lowest BCUT2D eigenvalue weighted by Crippen LogP contribution is -2.43. The summed E-state index contributed by atoms with van der Waals surface area (Å²) in [5.41, 5.74) is 1.85. The van der Waals surface area contributed by atoms with Crippen molar-refractivity contribution in [1.29, 1.82) is 0 Å². The summed E-state index contributed by atoms with van der Waals surface area (Å²) in [4.78, 5) is 34.6. The van der Waals surface area contributed by atoms with Crippen molar-refractivity contribution >= 4 is 28.3 Å². The van der Waals surface area contributed by atoms with Gasteiger partial charge in [-0.3, -0.25) is 9.59 Å². The van der Waals surface area contributed by atoms with Crippen molar-refractivity contribution in [2.75, 3.05) is 25.5 Å². The van der Waals surface area contributed by atoms with E-state index in [0.717, 1.165) is 22.8 Å². The molecule has 0 unspecified atom stereocenters. The maximum atomic E-state index is 13.1. The Bertz CT molecular complexity index is 806. The van der Waals surface area contributed by atoms with Crippen molar-refractivity contribution in [3.8, 4) is 0 Å². The monoisotopic (exact) mass is 386 g/mol. The molecule has 27 heavy (non-hydrogen) atoms. The van der Waals surface area contributed by atoms with Gasteiger partial charge in [-0.25, -0.2) is 4.98 Å². The molecule has 144 valence electrons. The zero-order chi connectivity index (χ0) is 19.4. The zero-order valence-electron chi connectivity index (χ0n) is 16.1. The average molecular weight is 387 g/mol. The molecule has 0 spiro atoms. The van der Waals surface area contributed by atoms with Crippen LogP contribution >= 0.6 is 11.3 Å². The first-order valence-electron chi connectivity index (χ1n) is 9.31. The van der Waals surface area contributed by atoms with Crippen molar-refractivity contribution in [2.45, 2.75) is 39.3 Å². The minimum Gasteiger partial charge on any atom is -0.365 e. The number of benzene rings is 1. The predicted octanol–water partition coefficient (Wildman–Crippen LogP) is 3.15. The van der Waals surface area contributed by atoms with E-state index in [1.165, 1.54) is 11.3 Å². The molecule has 0 aliphatic carbocycles. The van der Waals surface area contributed by atoms with Crippen molar-refractivity contribution in [3.05, 3.63) is 46.5 Å². The molecular weight excluding hydrogens is 360 g/mol. The average Bonchev–Trinajstić information content (AvgIpc) is 2.99. The number of aromatic nitrogens is 1. The predicted molar refractivity (Wildman–Crippen MR) is 108 cm³/mol. The number of hydrogen-bond donors (Lipinski definition) is 1. The van der Waals surface area contributed by atoms with E-state index in [1.54, 1.807) is 7.05 Å². The fourth-order valence-corrected chi connectivity index (χ4v) is 4.29. The van der Waals surface area contributed by atoms with Crippen LogP contribution in [0, 0.1) is 6.92 Å². The lowest BCUT2D eigenvalue weighted by molar-refractivity contribution is -0.133. The number of carbonyl (C=O) groups excluding carboxylic acids is 2. The Morgan fingerprint density at radius 3 is 2.70 bits per heavy atom. The van der Waals surface area contributed by atoms with Gasteiger partial charge >= 0.3 is 0 Å². The Hall–Kier alpha value is -2.41. The van der Waals surface area contributed by atoms with Crippen LogP contribution in [0.15, 0.2) is 30.3 Å². The number of thiazole rings is 1. The van der Waals surface area contributed by atoms with Crippen molar-refractivity contribution in [3.63, 3.8) is 0 Å². The summed E-state index contributed by atoms with van der Waals surface area (Å²) in [5, 5.41) is 3.73. The van der Waals surface area contributed by atoms with E-state index in [-0.39, 0.29) is 17.9 Å². The van der Waals surface area contributed by atoms with E-state index in [0.29, 0.717) is 30.9 Å². The molecule has 0 saturated carbocycles. The third kappa shape index (κ3) is 4.30. The fourth-order valence-electron chi connectivity index (χ4n) is 3.40. The molecule has 1 N–H and O–H groups in total. The molecule has 0 radical (unpaired) electrons. The van der Waals surface area contributed by atoms with E-state index in [2.05, 4.69) is 17.2 Å². The zero-order valence-corrected chi connectivity index (χ0v) is 16.9. The summed E-state index contributed by atoms with van der Waals surface area (Å²) in [6.45, 7) is 5.52. The summed E-state index contributed by atoms with van der Waals surface area (Å²) >= 11 is 1.37. The van der Waals surface area contributed by atoms with E-state index < -0.39 is 0 Å². The lowest BCUT2D eigenvalue weighted by atomic mass is 10.1. The molecule has 3 rings (SSSR count). The van der Waals surface area contributed by atoms with Gasteiger partial charge < -0.3 is 15.1 Å². The highest BCUT2D eigenvalue weighted by Crippen LogP contribution is 2.25. The Labute approximate surface area is 164 Å². The Morgan fingerprint density at radius 2 is 2.07 bits per heavy atom. The summed E-state index contributed by atoms with van der Waals surface area (Å²) in [5.74, 6) is 0.0808. The van der Waals surface area contributed by atoms with Crippen molar-refractivity contribution in [2.24, 2.45) is 0 Å². The van der Waals surface area contributed by atoms with Crippen LogP contribution in [0.5, 0.6) is 0 Å². The van der Waals surface area contributed by atoms with Crippen LogP contribution in [-0.2, 0) is 11.3 Å². The van der Waals surface area contributed by atoms with Crippen molar-refractivity contribution < 1.29 is 9.59 Å².